The van der Waals surface area contributed by atoms with Crippen LogP contribution in [0.2, 0.25) is 0 Å². The lowest BCUT2D eigenvalue weighted by atomic mass is 9.91. The third-order valence-electron chi connectivity index (χ3n) is 8.79. The van der Waals surface area contributed by atoms with Crippen molar-refractivity contribution in [2.75, 3.05) is 20.2 Å². The first-order valence-corrected chi connectivity index (χ1v) is 15.3. The Bertz CT molecular complexity index is 2070. The zero-order valence-electron chi connectivity index (χ0n) is 26.2. The maximum absolute atomic E-state index is 14.3. The van der Waals surface area contributed by atoms with Crippen molar-refractivity contribution in [1.82, 2.24) is 9.88 Å². The first kappa shape index (κ1) is 31.8. The van der Waals surface area contributed by atoms with E-state index in [1.165, 1.54) is 31.4 Å². The van der Waals surface area contributed by atoms with Crippen LogP contribution in [0.3, 0.4) is 0 Å². The molecule has 0 bridgehead atoms. The van der Waals surface area contributed by atoms with Gasteiger partial charge >= 0.3 is 6.18 Å². The van der Waals surface area contributed by atoms with Gasteiger partial charge < -0.3 is 9.15 Å². The standard InChI is InChI=1S/C38H32F3N3O3/c1-23-26(12-13-27-19-35(46-3)29(18-33(27)38(39,40)41)21-44-14-4-5-15-44)8-6-9-30(23)31-10-7-11-32(24(31)2)37-43-34-17-25(22-45)16-28(20-42)36(34)47-37/h6-13,16-19,22H,4-5,14-15,21H2,1-3H3/b13-12+. The molecule has 1 fully saturated rings. The highest BCUT2D eigenvalue weighted by atomic mass is 19.4. The van der Waals surface area contributed by atoms with Crippen molar-refractivity contribution >= 4 is 29.5 Å². The van der Waals surface area contributed by atoms with Crippen LogP contribution in [0.4, 0.5) is 13.2 Å². The summed E-state index contributed by atoms with van der Waals surface area (Å²) in [6.45, 7) is 6.02. The molecule has 5 aromatic rings. The average molecular weight is 636 g/mol. The van der Waals surface area contributed by atoms with Crippen molar-refractivity contribution in [3.63, 3.8) is 0 Å². The van der Waals surface area contributed by atoms with Gasteiger partial charge in [0.05, 0.1) is 18.2 Å². The fourth-order valence-corrected chi connectivity index (χ4v) is 6.30. The van der Waals surface area contributed by atoms with Crippen molar-refractivity contribution in [1.29, 1.82) is 5.26 Å². The fraction of sp³-hybridized carbons (Fsp3) is 0.237. The molecule has 4 aromatic carbocycles. The smallest absolute Gasteiger partial charge is 0.417 e. The number of hydrogen-bond donors (Lipinski definition) is 0. The summed E-state index contributed by atoms with van der Waals surface area (Å²) in [5.74, 6) is 0.750. The summed E-state index contributed by atoms with van der Waals surface area (Å²) in [5.41, 5.74) is 6.17. The van der Waals surface area contributed by atoms with Gasteiger partial charge in [0.15, 0.2) is 5.58 Å². The van der Waals surface area contributed by atoms with Crippen LogP contribution in [0.1, 0.15) is 62.1 Å². The Kier molecular flexibility index (Phi) is 8.71. The number of halogens is 3. The van der Waals surface area contributed by atoms with Crippen molar-refractivity contribution in [2.45, 2.75) is 39.4 Å². The summed E-state index contributed by atoms with van der Waals surface area (Å²) in [4.78, 5) is 18.1. The molecule has 1 aromatic heterocycles. The lowest BCUT2D eigenvalue weighted by molar-refractivity contribution is -0.137. The van der Waals surface area contributed by atoms with Gasteiger partial charge in [-0.15, -0.1) is 0 Å². The van der Waals surface area contributed by atoms with Crippen molar-refractivity contribution in [3.8, 4) is 34.4 Å². The number of carbonyl (C=O) groups is 1. The maximum Gasteiger partial charge on any atom is 0.417 e. The average Bonchev–Trinajstić information content (AvgIpc) is 3.74. The van der Waals surface area contributed by atoms with E-state index < -0.39 is 11.7 Å². The Morgan fingerprint density at radius 3 is 2.32 bits per heavy atom. The minimum absolute atomic E-state index is 0.0351. The highest BCUT2D eigenvalue weighted by molar-refractivity contribution is 5.90. The van der Waals surface area contributed by atoms with E-state index in [0.717, 1.165) is 53.7 Å². The normalized spacial score (nSPS) is 13.8. The summed E-state index contributed by atoms with van der Waals surface area (Å²) < 4.78 is 54.5. The van der Waals surface area contributed by atoms with Crippen LogP contribution in [-0.2, 0) is 12.7 Å². The summed E-state index contributed by atoms with van der Waals surface area (Å²) in [7, 11) is 1.49. The summed E-state index contributed by atoms with van der Waals surface area (Å²) in [6.07, 6.45) is 1.42. The van der Waals surface area contributed by atoms with E-state index in [1.807, 2.05) is 50.2 Å². The number of ether oxygens (including phenoxy) is 1. The Balaban J connectivity index is 1.37. The Labute approximate surface area is 270 Å². The molecular formula is C38H32F3N3O3. The number of alkyl halides is 3. The number of carbonyl (C=O) groups excluding carboxylic acids is 1. The SMILES string of the molecule is COc1cc(/C=C/c2cccc(-c3cccc(-c4nc5cc(C=O)cc(C#N)c5o4)c3C)c2C)c(C(F)(F)F)cc1CN1CCCC1. The number of nitrogens with zero attached hydrogens (tertiary/aromatic N) is 3. The maximum atomic E-state index is 14.3. The minimum atomic E-state index is -4.53. The molecule has 0 spiro atoms. The molecule has 47 heavy (non-hydrogen) atoms. The number of nitriles is 1. The summed E-state index contributed by atoms with van der Waals surface area (Å²) in [5, 5.41) is 9.58. The van der Waals surface area contributed by atoms with Gasteiger partial charge in [-0.05, 0) is 103 Å². The van der Waals surface area contributed by atoms with Gasteiger partial charge in [0.1, 0.15) is 23.6 Å². The number of hydrogen-bond acceptors (Lipinski definition) is 6. The van der Waals surface area contributed by atoms with Crippen LogP contribution in [0, 0.1) is 25.2 Å². The molecule has 0 saturated carbocycles. The largest absolute Gasteiger partial charge is 0.496 e. The van der Waals surface area contributed by atoms with Crippen LogP contribution < -0.4 is 4.74 Å². The third kappa shape index (κ3) is 6.29. The number of likely N-dealkylation sites (tertiary alicyclic amines) is 1. The van der Waals surface area contributed by atoms with Crippen molar-refractivity contribution in [3.05, 3.63) is 105 Å². The van der Waals surface area contributed by atoms with Gasteiger partial charge in [-0.25, -0.2) is 4.98 Å². The lowest BCUT2D eigenvalue weighted by Gasteiger charge is -2.20. The fourth-order valence-electron chi connectivity index (χ4n) is 6.30. The molecular weight excluding hydrogens is 603 g/mol. The van der Waals surface area contributed by atoms with Gasteiger partial charge in [0, 0.05) is 23.2 Å². The van der Waals surface area contributed by atoms with E-state index >= 15 is 0 Å². The second-order valence-corrected chi connectivity index (χ2v) is 11.7. The highest BCUT2D eigenvalue weighted by Crippen LogP contribution is 2.39. The predicted molar refractivity (Wildman–Crippen MR) is 176 cm³/mol. The van der Waals surface area contributed by atoms with Gasteiger partial charge in [0.2, 0.25) is 5.89 Å². The minimum Gasteiger partial charge on any atom is -0.496 e. The van der Waals surface area contributed by atoms with E-state index in [0.29, 0.717) is 52.3 Å². The Morgan fingerprint density at radius 2 is 1.64 bits per heavy atom. The zero-order valence-corrected chi connectivity index (χ0v) is 26.2. The molecule has 6 nitrogen and oxygen atoms in total. The number of fused-ring (bicyclic) bond motifs is 1. The molecule has 2 heterocycles. The van der Waals surface area contributed by atoms with Crippen molar-refractivity contribution < 1.29 is 27.1 Å². The Morgan fingerprint density at radius 1 is 0.957 bits per heavy atom. The summed E-state index contributed by atoms with van der Waals surface area (Å²) >= 11 is 0. The van der Waals surface area contributed by atoms with Crippen LogP contribution in [-0.4, -0.2) is 36.4 Å². The Hall–Kier alpha value is -5.20. The van der Waals surface area contributed by atoms with E-state index in [1.54, 1.807) is 12.1 Å². The molecule has 0 radical (unpaired) electrons. The van der Waals surface area contributed by atoms with Crippen molar-refractivity contribution in [2.24, 2.45) is 0 Å². The second-order valence-electron chi connectivity index (χ2n) is 11.7. The van der Waals surface area contributed by atoms with Gasteiger partial charge in [-0.2, -0.15) is 18.4 Å². The van der Waals surface area contributed by atoms with E-state index in [-0.39, 0.29) is 11.1 Å². The molecule has 0 N–H and O–H groups in total. The predicted octanol–water partition coefficient (Wildman–Crippen LogP) is 9.26. The van der Waals surface area contributed by atoms with E-state index in [9.17, 15) is 23.2 Å². The van der Waals surface area contributed by atoms with Gasteiger partial charge in [0.25, 0.3) is 0 Å². The molecule has 0 atom stereocenters. The number of benzene rings is 4. The lowest BCUT2D eigenvalue weighted by Crippen LogP contribution is -2.19. The molecule has 1 aliphatic heterocycles. The number of methoxy groups -OCH3 is 1. The molecule has 1 aliphatic rings. The zero-order chi connectivity index (χ0) is 33.3. The number of rotatable bonds is 8. The van der Waals surface area contributed by atoms with Crippen LogP contribution in [0.5, 0.6) is 5.75 Å². The second kappa shape index (κ2) is 12.9. The third-order valence-corrected chi connectivity index (χ3v) is 8.79. The summed E-state index contributed by atoms with van der Waals surface area (Å²) in [6, 6.07) is 19.2. The molecule has 238 valence electrons. The van der Waals surface area contributed by atoms with E-state index in [2.05, 4.69) is 16.0 Å². The topological polar surface area (TPSA) is 79.4 Å². The van der Waals surface area contributed by atoms with Gasteiger partial charge in [-0.3, -0.25) is 9.69 Å². The molecule has 1 saturated heterocycles. The molecule has 9 heteroatoms. The van der Waals surface area contributed by atoms with Crippen LogP contribution >= 0.6 is 0 Å². The quantitative estimate of drug-likeness (QED) is 0.125. The number of aldehydes is 1. The number of aromatic nitrogens is 1. The number of oxazole rings is 1. The van der Waals surface area contributed by atoms with Gasteiger partial charge in [-0.1, -0.05) is 42.5 Å². The first-order valence-electron chi connectivity index (χ1n) is 15.3. The molecule has 0 aliphatic carbocycles. The highest BCUT2D eigenvalue weighted by Gasteiger charge is 2.34. The van der Waals surface area contributed by atoms with Crippen LogP contribution in [0.25, 0.3) is 45.8 Å². The van der Waals surface area contributed by atoms with E-state index in [4.69, 9.17) is 9.15 Å². The molecule has 0 amide bonds. The monoisotopic (exact) mass is 635 g/mol. The molecule has 6 rings (SSSR count). The van der Waals surface area contributed by atoms with Crippen LogP contribution in [0.15, 0.2) is 65.1 Å². The molecule has 0 unspecified atom stereocenters. The first-order chi connectivity index (χ1) is 22.6.